The molecule has 0 spiro atoms. The zero-order valence-corrected chi connectivity index (χ0v) is 12.5. The van der Waals surface area contributed by atoms with Crippen molar-refractivity contribution in [2.45, 2.75) is 24.3 Å². The Balaban J connectivity index is 1.74. The van der Waals surface area contributed by atoms with E-state index in [1.54, 1.807) is 16.7 Å². The van der Waals surface area contributed by atoms with E-state index in [2.05, 4.69) is 35.8 Å². The summed E-state index contributed by atoms with van der Waals surface area (Å²) in [5.41, 5.74) is 1.18. The fourth-order valence-electron chi connectivity index (χ4n) is 1.93. The van der Waals surface area contributed by atoms with Crippen molar-refractivity contribution in [3.8, 4) is 0 Å². The maximum absolute atomic E-state index is 11.9. The first-order chi connectivity index (χ1) is 9.19. The van der Waals surface area contributed by atoms with Crippen LogP contribution in [-0.4, -0.2) is 37.2 Å². The molecule has 104 valence electrons. The number of hydrogen-bond donors (Lipinski definition) is 1. The molecule has 4 heteroatoms. The summed E-state index contributed by atoms with van der Waals surface area (Å²) in [5.74, 6) is 0.979. The van der Waals surface area contributed by atoms with Crippen molar-refractivity contribution in [1.29, 1.82) is 0 Å². The van der Waals surface area contributed by atoms with Crippen molar-refractivity contribution < 1.29 is 4.79 Å². The SMILES string of the molecule is CSc1ccc(CN(C)C(=O)CNCC2CC2)cc1. The fraction of sp³-hybridized carbons (Fsp3) is 0.533. The Bertz CT molecular complexity index is 415. The highest BCUT2D eigenvalue weighted by Crippen LogP contribution is 2.27. The third-order valence-electron chi connectivity index (χ3n) is 3.41. The minimum atomic E-state index is 0.162. The highest BCUT2D eigenvalue weighted by atomic mass is 32.2. The van der Waals surface area contributed by atoms with Crippen LogP contribution in [-0.2, 0) is 11.3 Å². The van der Waals surface area contributed by atoms with Crippen LogP contribution in [0.15, 0.2) is 29.2 Å². The molecule has 19 heavy (non-hydrogen) atoms. The highest BCUT2D eigenvalue weighted by molar-refractivity contribution is 7.98. The van der Waals surface area contributed by atoms with Crippen LogP contribution < -0.4 is 5.32 Å². The highest BCUT2D eigenvalue weighted by Gasteiger charge is 2.20. The number of carbonyl (C=O) groups is 1. The van der Waals surface area contributed by atoms with Crippen molar-refractivity contribution in [2.75, 3.05) is 26.4 Å². The van der Waals surface area contributed by atoms with E-state index in [0.717, 1.165) is 12.5 Å². The molecule has 1 N–H and O–H groups in total. The Morgan fingerprint density at radius 3 is 2.63 bits per heavy atom. The summed E-state index contributed by atoms with van der Waals surface area (Å²) in [6, 6.07) is 8.38. The lowest BCUT2D eigenvalue weighted by atomic mass is 10.2. The summed E-state index contributed by atoms with van der Waals surface area (Å²) < 4.78 is 0. The molecule has 0 radical (unpaired) electrons. The Morgan fingerprint density at radius 1 is 1.37 bits per heavy atom. The van der Waals surface area contributed by atoms with Crippen LogP contribution in [0.25, 0.3) is 0 Å². The van der Waals surface area contributed by atoms with Crippen molar-refractivity contribution in [3.05, 3.63) is 29.8 Å². The molecule has 3 nitrogen and oxygen atoms in total. The third-order valence-corrected chi connectivity index (χ3v) is 4.15. The lowest BCUT2D eigenvalue weighted by Gasteiger charge is -2.17. The maximum atomic E-state index is 11.9. The van der Waals surface area contributed by atoms with Gasteiger partial charge in [0, 0.05) is 18.5 Å². The molecule has 0 unspecified atom stereocenters. The Hall–Kier alpha value is -1.00. The zero-order chi connectivity index (χ0) is 13.7. The predicted molar refractivity (Wildman–Crippen MR) is 80.3 cm³/mol. The summed E-state index contributed by atoms with van der Waals surface area (Å²) in [5, 5.41) is 3.24. The molecule has 1 aliphatic rings. The number of rotatable bonds is 7. The van der Waals surface area contributed by atoms with E-state index in [1.165, 1.54) is 23.3 Å². The number of thioether (sulfide) groups is 1. The van der Waals surface area contributed by atoms with Crippen LogP contribution in [0.4, 0.5) is 0 Å². The fourth-order valence-corrected chi connectivity index (χ4v) is 2.34. The van der Waals surface area contributed by atoms with Gasteiger partial charge < -0.3 is 10.2 Å². The summed E-state index contributed by atoms with van der Waals surface area (Å²) in [6.07, 6.45) is 4.70. The van der Waals surface area contributed by atoms with Gasteiger partial charge in [-0.1, -0.05) is 12.1 Å². The van der Waals surface area contributed by atoms with Crippen molar-refractivity contribution in [2.24, 2.45) is 5.92 Å². The van der Waals surface area contributed by atoms with Gasteiger partial charge in [-0.05, 0) is 49.3 Å². The van der Waals surface area contributed by atoms with Gasteiger partial charge in [0.25, 0.3) is 0 Å². The number of benzene rings is 1. The van der Waals surface area contributed by atoms with Crippen LogP contribution in [0.5, 0.6) is 0 Å². The van der Waals surface area contributed by atoms with E-state index in [9.17, 15) is 4.79 Å². The van der Waals surface area contributed by atoms with E-state index in [1.807, 2.05) is 7.05 Å². The molecule has 1 aromatic rings. The average molecular weight is 278 g/mol. The second kappa shape index (κ2) is 6.96. The number of amides is 1. The molecule has 2 rings (SSSR count). The molecule has 0 heterocycles. The van der Waals surface area contributed by atoms with Crippen LogP contribution >= 0.6 is 11.8 Å². The average Bonchev–Trinajstić information content (AvgIpc) is 3.23. The van der Waals surface area contributed by atoms with Gasteiger partial charge in [-0.15, -0.1) is 11.8 Å². The number of nitrogens with one attached hydrogen (secondary N) is 1. The number of carbonyl (C=O) groups excluding carboxylic acids is 1. The molecule has 0 atom stereocenters. The Kier molecular flexibility index (Phi) is 5.28. The van der Waals surface area contributed by atoms with Gasteiger partial charge in [0.05, 0.1) is 6.54 Å². The van der Waals surface area contributed by atoms with Gasteiger partial charge in [-0.25, -0.2) is 0 Å². The molecular formula is C15H22N2OS. The first-order valence-electron chi connectivity index (χ1n) is 6.76. The minimum absolute atomic E-state index is 0.162. The van der Waals surface area contributed by atoms with E-state index in [-0.39, 0.29) is 5.91 Å². The molecule has 0 bridgehead atoms. The standard InChI is InChI=1S/C15H22N2OS/c1-17(15(18)10-16-9-12-3-4-12)11-13-5-7-14(19-2)8-6-13/h5-8,12,16H,3-4,9-11H2,1-2H3. The van der Waals surface area contributed by atoms with Gasteiger partial charge in [-0.3, -0.25) is 4.79 Å². The van der Waals surface area contributed by atoms with Crippen LogP contribution in [0, 0.1) is 5.92 Å². The summed E-state index contributed by atoms with van der Waals surface area (Å²) in [7, 11) is 1.86. The van der Waals surface area contributed by atoms with E-state index in [4.69, 9.17) is 0 Å². The molecule has 1 fully saturated rings. The van der Waals surface area contributed by atoms with Gasteiger partial charge in [0.1, 0.15) is 0 Å². The molecule has 1 amide bonds. The van der Waals surface area contributed by atoms with E-state index in [0.29, 0.717) is 13.1 Å². The minimum Gasteiger partial charge on any atom is -0.340 e. The van der Waals surface area contributed by atoms with E-state index >= 15 is 0 Å². The van der Waals surface area contributed by atoms with Crippen molar-refractivity contribution in [1.82, 2.24) is 10.2 Å². The van der Waals surface area contributed by atoms with Gasteiger partial charge >= 0.3 is 0 Å². The molecular weight excluding hydrogens is 256 g/mol. The number of likely N-dealkylation sites (N-methyl/N-ethyl adjacent to an activating group) is 1. The smallest absolute Gasteiger partial charge is 0.236 e. The zero-order valence-electron chi connectivity index (χ0n) is 11.7. The molecule has 0 aromatic heterocycles. The molecule has 1 saturated carbocycles. The first kappa shape index (κ1) is 14.4. The van der Waals surface area contributed by atoms with Crippen molar-refractivity contribution in [3.63, 3.8) is 0 Å². The number of hydrogen-bond acceptors (Lipinski definition) is 3. The number of nitrogens with zero attached hydrogens (tertiary/aromatic N) is 1. The summed E-state index contributed by atoms with van der Waals surface area (Å²) >= 11 is 1.73. The normalized spacial score (nSPS) is 14.4. The van der Waals surface area contributed by atoms with Gasteiger partial charge in [0.2, 0.25) is 5.91 Å². The Labute approximate surface area is 119 Å². The van der Waals surface area contributed by atoms with Gasteiger partial charge in [0.15, 0.2) is 0 Å². The van der Waals surface area contributed by atoms with Crippen LogP contribution in [0.2, 0.25) is 0 Å². The quantitative estimate of drug-likeness (QED) is 0.777. The molecule has 0 aliphatic heterocycles. The molecule has 1 aliphatic carbocycles. The van der Waals surface area contributed by atoms with Gasteiger partial charge in [-0.2, -0.15) is 0 Å². The summed E-state index contributed by atoms with van der Waals surface area (Å²) in [6.45, 7) is 2.12. The lowest BCUT2D eigenvalue weighted by Crippen LogP contribution is -2.35. The van der Waals surface area contributed by atoms with Crippen molar-refractivity contribution >= 4 is 17.7 Å². The summed E-state index contributed by atoms with van der Waals surface area (Å²) in [4.78, 5) is 15.0. The Morgan fingerprint density at radius 2 is 2.05 bits per heavy atom. The largest absolute Gasteiger partial charge is 0.340 e. The molecule has 0 saturated heterocycles. The topological polar surface area (TPSA) is 32.3 Å². The van der Waals surface area contributed by atoms with Crippen LogP contribution in [0.1, 0.15) is 18.4 Å². The second-order valence-corrected chi connectivity index (χ2v) is 6.05. The maximum Gasteiger partial charge on any atom is 0.236 e. The van der Waals surface area contributed by atoms with E-state index < -0.39 is 0 Å². The first-order valence-corrected chi connectivity index (χ1v) is 7.99. The van der Waals surface area contributed by atoms with Crippen LogP contribution in [0.3, 0.4) is 0 Å². The second-order valence-electron chi connectivity index (χ2n) is 5.17. The lowest BCUT2D eigenvalue weighted by molar-refractivity contribution is -0.129. The predicted octanol–water partition coefficient (Wildman–Crippen LogP) is 2.37. The molecule has 1 aromatic carbocycles. The third kappa shape index (κ3) is 4.88. The monoisotopic (exact) mass is 278 g/mol.